The van der Waals surface area contributed by atoms with Gasteiger partial charge in [-0.05, 0) is 57.5 Å². The Hall–Kier alpha value is -2.67. The number of amides is 1. The van der Waals surface area contributed by atoms with Crippen LogP contribution < -0.4 is 14.8 Å². The van der Waals surface area contributed by atoms with Crippen molar-refractivity contribution in [1.82, 2.24) is 5.32 Å². The summed E-state index contributed by atoms with van der Waals surface area (Å²) in [4.78, 5) is 25.4. The first kappa shape index (κ1) is 23.6. The maximum absolute atomic E-state index is 13.0. The highest BCUT2D eigenvalue weighted by Gasteiger charge is 2.20. The fourth-order valence-corrected chi connectivity index (χ4v) is 3.87. The van der Waals surface area contributed by atoms with Gasteiger partial charge in [0.1, 0.15) is 5.25 Å². The second-order valence-corrected chi connectivity index (χ2v) is 7.93. The average Bonchev–Trinajstić information content (AvgIpc) is 2.74. The van der Waals surface area contributed by atoms with Gasteiger partial charge in [-0.3, -0.25) is 9.59 Å². The third-order valence-electron chi connectivity index (χ3n) is 4.38. The molecule has 1 amide bonds. The number of hydrogen-bond donors (Lipinski definition) is 1. The van der Waals surface area contributed by atoms with E-state index >= 15 is 0 Å². The van der Waals surface area contributed by atoms with Crippen molar-refractivity contribution in [2.45, 2.75) is 43.9 Å². The van der Waals surface area contributed by atoms with Gasteiger partial charge in [0.15, 0.2) is 11.5 Å². The van der Waals surface area contributed by atoms with Crippen LogP contribution in [0.15, 0.2) is 47.4 Å². The van der Waals surface area contributed by atoms with Gasteiger partial charge in [-0.2, -0.15) is 0 Å². The van der Waals surface area contributed by atoms with E-state index in [1.54, 1.807) is 19.1 Å². The second kappa shape index (κ2) is 11.5. The van der Waals surface area contributed by atoms with E-state index in [0.29, 0.717) is 30.3 Å². The van der Waals surface area contributed by atoms with Crippen LogP contribution >= 0.6 is 11.8 Å². The Morgan fingerprint density at radius 3 is 2.33 bits per heavy atom. The molecular formula is C23H29NO5S. The second-order valence-electron chi connectivity index (χ2n) is 6.55. The first-order chi connectivity index (χ1) is 14.4. The van der Waals surface area contributed by atoms with Crippen molar-refractivity contribution in [1.29, 1.82) is 0 Å². The molecule has 0 spiro atoms. The third-order valence-corrected chi connectivity index (χ3v) is 5.54. The van der Waals surface area contributed by atoms with E-state index in [9.17, 15) is 9.59 Å². The molecule has 2 rings (SSSR count). The number of hydrogen-bond acceptors (Lipinski definition) is 6. The van der Waals surface area contributed by atoms with Crippen molar-refractivity contribution in [2.75, 3.05) is 20.3 Å². The Bertz CT molecular complexity index is 870. The van der Waals surface area contributed by atoms with E-state index in [-0.39, 0.29) is 17.9 Å². The summed E-state index contributed by atoms with van der Waals surface area (Å²) in [5, 5.41) is 2.61. The standard InChI is InChI=1S/C23H29NO5S/c1-6-28-19-13-12-17(14-20(19)29-7-2)15(3)24-22(25)18-10-8-9-11-21(18)30-16(4)23(26)27-5/h8-16H,6-7H2,1-5H3,(H,24,25). The predicted molar refractivity (Wildman–Crippen MR) is 118 cm³/mol. The molecule has 0 aliphatic heterocycles. The number of esters is 1. The van der Waals surface area contributed by atoms with Crippen LogP contribution in [0.1, 0.15) is 49.7 Å². The van der Waals surface area contributed by atoms with Crippen LogP contribution in [-0.2, 0) is 9.53 Å². The van der Waals surface area contributed by atoms with Gasteiger partial charge in [0, 0.05) is 4.90 Å². The first-order valence-corrected chi connectivity index (χ1v) is 10.8. The molecular weight excluding hydrogens is 402 g/mol. The maximum atomic E-state index is 13.0. The molecule has 1 N–H and O–H groups in total. The lowest BCUT2D eigenvalue weighted by molar-refractivity contribution is -0.139. The quantitative estimate of drug-likeness (QED) is 0.437. The van der Waals surface area contributed by atoms with E-state index in [0.717, 1.165) is 10.5 Å². The van der Waals surface area contributed by atoms with Gasteiger partial charge < -0.3 is 19.5 Å². The molecule has 0 aliphatic carbocycles. The lowest BCUT2D eigenvalue weighted by Crippen LogP contribution is -2.27. The van der Waals surface area contributed by atoms with Crippen molar-refractivity contribution in [3.05, 3.63) is 53.6 Å². The number of carbonyl (C=O) groups excluding carboxylic acids is 2. The Balaban J connectivity index is 2.18. The summed E-state index contributed by atoms with van der Waals surface area (Å²) in [6, 6.07) is 12.6. The summed E-state index contributed by atoms with van der Waals surface area (Å²) in [5.41, 5.74) is 1.42. The van der Waals surface area contributed by atoms with Gasteiger partial charge in [-0.1, -0.05) is 18.2 Å². The molecule has 0 saturated heterocycles. The summed E-state index contributed by atoms with van der Waals surface area (Å²) < 4.78 is 16.1. The number of benzene rings is 2. The van der Waals surface area contributed by atoms with Crippen LogP contribution in [0.4, 0.5) is 0 Å². The minimum atomic E-state index is -0.416. The Morgan fingerprint density at radius 1 is 1.00 bits per heavy atom. The monoisotopic (exact) mass is 431 g/mol. The smallest absolute Gasteiger partial charge is 0.318 e. The van der Waals surface area contributed by atoms with Crippen molar-refractivity contribution in [2.24, 2.45) is 0 Å². The van der Waals surface area contributed by atoms with E-state index in [1.807, 2.05) is 51.1 Å². The van der Waals surface area contributed by atoms with Crippen LogP contribution in [0.2, 0.25) is 0 Å². The molecule has 2 aromatic carbocycles. The van der Waals surface area contributed by atoms with Crippen LogP contribution in [0.5, 0.6) is 11.5 Å². The molecule has 30 heavy (non-hydrogen) atoms. The van der Waals surface area contributed by atoms with Gasteiger partial charge in [0.2, 0.25) is 0 Å². The van der Waals surface area contributed by atoms with Crippen LogP contribution in [0.3, 0.4) is 0 Å². The summed E-state index contributed by atoms with van der Waals surface area (Å²) in [6.45, 7) is 8.57. The molecule has 2 atom stereocenters. The summed E-state index contributed by atoms with van der Waals surface area (Å²) in [5.74, 6) is 0.789. The summed E-state index contributed by atoms with van der Waals surface area (Å²) >= 11 is 1.30. The number of methoxy groups -OCH3 is 1. The maximum Gasteiger partial charge on any atom is 0.318 e. The van der Waals surface area contributed by atoms with Gasteiger partial charge in [-0.15, -0.1) is 11.8 Å². The number of ether oxygens (including phenoxy) is 3. The lowest BCUT2D eigenvalue weighted by atomic mass is 10.1. The fourth-order valence-electron chi connectivity index (χ4n) is 2.86. The van der Waals surface area contributed by atoms with Crippen LogP contribution in [-0.4, -0.2) is 37.4 Å². The van der Waals surface area contributed by atoms with E-state index in [2.05, 4.69) is 5.32 Å². The van der Waals surface area contributed by atoms with E-state index < -0.39 is 5.25 Å². The average molecular weight is 432 g/mol. The van der Waals surface area contributed by atoms with E-state index in [4.69, 9.17) is 14.2 Å². The highest BCUT2D eigenvalue weighted by Crippen LogP contribution is 2.31. The molecule has 0 aromatic heterocycles. The zero-order chi connectivity index (χ0) is 22.1. The van der Waals surface area contributed by atoms with Crippen molar-refractivity contribution < 1.29 is 23.8 Å². The van der Waals surface area contributed by atoms with Crippen molar-refractivity contribution in [3.8, 4) is 11.5 Å². The molecule has 0 aliphatic rings. The molecule has 0 saturated carbocycles. The Morgan fingerprint density at radius 2 is 1.67 bits per heavy atom. The highest BCUT2D eigenvalue weighted by molar-refractivity contribution is 8.00. The minimum absolute atomic E-state index is 0.213. The molecule has 6 nitrogen and oxygen atoms in total. The molecule has 0 radical (unpaired) electrons. The SMILES string of the molecule is CCOc1ccc(C(C)NC(=O)c2ccccc2SC(C)C(=O)OC)cc1OCC. The topological polar surface area (TPSA) is 73.9 Å². The van der Waals surface area contributed by atoms with Crippen molar-refractivity contribution in [3.63, 3.8) is 0 Å². The summed E-state index contributed by atoms with van der Waals surface area (Å²) in [7, 11) is 1.35. The van der Waals surface area contributed by atoms with Crippen molar-refractivity contribution >= 4 is 23.6 Å². The summed E-state index contributed by atoms with van der Waals surface area (Å²) in [6.07, 6.45) is 0. The zero-order valence-electron chi connectivity index (χ0n) is 18.1. The van der Waals surface area contributed by atoms with Gasteiger partial charge in [-0.25, -0.2) is 0 Å². The van der Waals surface area contributed by atoms with Gasteiger partial charge >= 0.3 is 5.97 Å². The zero-order valence-corrected chi connectivity index (χ0v) is 18.9. The van der Waals surface area contributed by atoms with Crippen LogP contribution in [0.25, 0.3) is 0 Å². The predicted octanol–water partition coefficient (Wildman–Crippen LogP) is 4.63. The third kappa shape index (κ3) is 6.16. The molecule has 0 fully saturated rings. The van der Waals surface area contributed by atoms with Crippen LogP contribution in [0, 0.1) is 0 Å². The molecule has 2 unspecified atom stereocenters. The molecule has 0 heterocycles. The molecule has 2 aromatic rings. The Kier molecular flexibility index (Phi) is 9.05. The normalized spacial score (nSPS) is 12.6. The fraction of sp³-hybridized carbons (Fsp3) is 0.391. The Labute approximate surface area is 182 Å². The number of thioether (sulfide) groups is 1. The number of nitrogens with one attached hydrogen (secondary N) is 1. The number of rotatable bonds is 10. The molecule has 7 heteroatoms. The highest BCUT2D eigenvalue weighted by atomic mass is 32.2. The van der Waals surface area contributed by atoms with Gasteiger partial charge in [0.25, 0.3) is 5.91 Å². The lowest BCUT2D eigenvalue weighted by Gasteiger charge is -2.19. The molecule has 0 bridgehead atoms. The first-order valence-electron chi connectivity index (χ1n) is 9.95. The minimum Gasteiger partial charge on any atom is -0.490 e. The largest absolute Gasteiger partial charge is 0.490 e. The van der Waals surface area contributed by atoms with Gasteiger partial charge in [0.05, 0.1) is 31.9 Å². The number of carbonyl (C=O) groups is 2. The van der Waals surface area contributed by atoms with E-state index in [1.165, 1.54) is 18.9 Å². The molecule has 162 valence electrons.